The highest BCUT2D eigenvalue weighted by Crippen LogP contribution is 2.31. The number of sulfonamides is 1. The fraction of sp³-hybridized carbons (Fsp3) is 0.444. The largest absolute Gasteiger partial charge is 0.460 e. The Morgan fingerprint density at radius 1 is 1.19 bits per heavy atom. The fourth-order valence-corrected chi connectivity index (χ4v) is 4.02. The normalized spacial score (nSPS) is 19.3. The van der Waals surface area contributed by atoms with Gasteiger partial charge in [-0.3, -0.25) is 0 Å². The molecular weight excluding hydrogens is 381 g/mol. The Balaban J connectivity index is 1.60. The maximum absolute atomic E-state index is 12.6. The minimum absolute atomic E-state index is 0.0353. The van der Waals surface area contributed by atoms with Gasteiger partial charge in [-0.15, -0.1) is 0 Å². The van der Waals surface area contributed by atoms with E-state index in [1.54, 1.807) is 12.1 Å². The smallest absolute Gasteiger partial charge is 0.416 e. The number of hydrogen-bond donors (Lipinski definition) is 1. The van der Waals surface area contributed by atoms with Crippen LogP contribution in [0, 0.1) is 0 Å². The Labute approximate surface area is 156 Å². The SMILES string of the molecule is CS(=O)(=O)N1CCC[C@@H](NCc2ccc(-c3ccc(C(F)(F)F)cc3)o2)C1. The van der Waals surface area contributed by atoms with Crippen molar-refractivity contribution in [1.29, 1.82) is 0 Å². The molecule has 5 nitrogen and oxygen atoms in total. The van der Waals surface area contributed by atoms with Gasteiger partial charge in [0.1, 0.15) is 11.5 Å². The first kappa shape index (κ1) is 19.9. The Kier molecular flexibility index (Phi) is 5.64. The van der Waals surface area contributed by atoms with Crippen LogP contribution >= 0.6 is 0 Å². The summed E-state index contributed by atoms with van der Waals surface area (Å²) in [5.74, 6) is 1.13. The van der Waals surface area contributed by atoms with E-state index >= 15 is 0 Å². The van der Waals surface area contributed by atoms with Crippen molar-refractivity contribution in [3.05, 3.63) is 47.7 Å². The van der Waals surface area contributed by atoms with Gasteiger partial charge < -0.3 is 9.73 Å². The quantitative estimate of drug-likeness (QED) is 0.832. The van der Waals surface area contributed by atoms with Gasteiger partial charge in [0.2, 0.25) is 10.0 Å². The first-order valence-electron chi connectivity index (χ1n) is 8.58. The lowest BCUT2D eigenvalue weighted by Gasteiger charge is -2.31. The zero-order chi connectivity index (χ0) is 19.7. The molecule has 148 valence electrons. The number of benzene rings is 1. The van der Waals surface area contributed by atoms with Gasteiger partial charge >= 0.3 is 6.18 Å². The van der Waals surface area contributed by atoms with E-state index in [4.69, 9.17) is 4.42 Å². The van der Waals surface area contributed by atoms with E-state index in [0.29, 0.717) is 36.7 Å². The summed E-state index contributed by atoms with van der Waals surface area (Å²) in [6.07, 6.45) is -1.49. The minimum Gasteiger partial charge on any atom is -0.460 e. The molecule has 1 aliphatic heterocycles. The second-order valence-corrected chi connectivity index (χ2v) is 8.66. The van der Waals surface area contributed by atoms with Crippen LogP contribution in [0.3, 0.4) is 0 Å². The number of nitrogens with zero attached hydrogens (tertiary/aromatic N) is 1. The molecule has 0 radical (unpaired) electrons. The second-order valence-electron chi connectivity index (χ2n) is 6.68. The molecule has 9 heteroatoms. The summed E-state index contributed by atoms with van der Waals surface area (Å²) in [5, 5.41) is 3.29. The summed E-state index contributed by atoms with van der Waals surface area (Å²) in [4.78, 5) is 0. The first-order valence-corrected chi connectivity index (χ1v) is 10.4. The number of furan rings is 1. The molecule has 3 rings (SSSR count). The maximum atomic E-state index is 12.6. The van der Waals surface area contributed by atoms with E-state index in [1.807, 2.05) is 0 Å². The van der Waals surface area contributed by atoms with Crippen molar-refractivity contribution in [2.24, 2.45) is 0 Å². The Morgan fingerprint density at radius 2 is 1.89 bits per heavy atom. The van der Waals surface area contributed by atoms with Crippen LogP contribution in [-0.2, 0) is 22.7 Å². The zero-order valence-electron chi connectivity index (χ0n) is 14.8. The van der Waals surface area contributed by atoms with Crippen LogP contribution in [0.1, 0.15) is 24.2 Å². The molecule has 1 saturated heterocycles. The third kappa shape index (κ3) is 5.12. The molecule has 1 aliphatic rings. The number of halogens is 3. The van der Waals surface area contributed by atoms with Crippen molar-refractivity contribution >= 4 is 10.0 Å². The van der Waals surface area contributed by atoms with Crippen LogP contribution in [0.2, 0.25) is 0 Å². The van der Waals surface area contributed by atoms with Gasteiger partial charge in [0.05, 0.1) is 18.4 Å². The highest BCUT2D eigenvalue weighted by Gasteiger charge is 2.30. The average molecular weight is 402 g/mol. The van der Waals surface area contributed by atoms with Gasteiger partial charge in [0.25, 0.3) is 0 Å². The number of alkyl halides is 3. The zero-order valence-corrected chi connectivity index (χ0v) is 15.6. The van der Waals surface area contributed by atoms with Crippen molar-refractivity contribution < 1.29 is 26.0 Å². The van der Waals surface area contributed by atoms with Gasteiger partial charge in [-0.05, 0) is 37.1 Å². The van der Waals surface area contributed by atoms with Crippen molar-refractivity contribution in [3.8, 4) is 11.3 Å². The first-order chi connectivity index (χ1) is 12.6. The molecule has 0 spiro atoms. The number of piperidine rings is 1. The van der Waals surface area contributed by atoms with Gasteiger partial charge in [0.15, 0.2) is 0 Å². The molecule has 2 aromatic rings. The van der Waals surface area contributed by atoms with E-state index in [9.17, 15) is 21.6 Å². The van der Waals surface area contributed by atoms with E-state index < -0.39 is 21.8 Å². The molecule has 2 heterocycles. The predicted molar refractivity (Wildman–Crippen MR) is 95.4 cm³/mol. The van der Waals surface area contributed by atoms with E-state index in [-0.39, 0.29) is 6.04 Å². The van der Waals surface area contributed by atoms with Crippen molar-refractivity contribution in [3.63, 3.8) is 0 Å². The number of rotatable bonds is 5. The third-order valence-electron chi connectivity index (χ3n) is 4.58. The van der Waals surface area contributed by atoms with Crippen molar-refractivity contribution in [2.75, 3.05) is 19.3 Å². The lowest BCUT2D eigenvalue weighted by atomic mass is 10.1. The molecule has 0 unspecified atom stereocenters. The molecule has 1 fully saturated rings. The molecule has 0 amide bonds. The predicted octanol–water partition coefficient (Wildman–Crippen LogP) is 3.48. The summed E-state index contributed by atoms with van der Waals surface area (Å²) < 4.78 is 68.4. The van der Waals surface area contributed by atoms with Gasteiger partial charge in [-0.2, -0.15) is 13.2 Å². The molecule has 1 atom stereocenters. The topological polar surface area (TPSA) is 62.6 Å². The molecule has 0 bridgehead atoms. The molecule has 0 saturated carbocycles. The molecule has 1 aromatic carbocycles. The lowest BCUT2D eigenvalue weighted by molar-refractivity contribution is -0.137. The van der Waals surface area contributed by atoms with E-state index in [2.05, 4.69) is 5.32 Å². The van der Waals surface area contributed by atoms with Gasteiger partial charge in [0, 0.05) is 24.7 Å². The molecule has 0 aliphatic carbocycles. The standard InChI is InChI=1S/C18H21F3N2O3S/c1-27(24,25)23-10-2-3-15(12-23)22-11-16-8-9-17(26-16)13-4-6-14(7-5-13)18(19,20)21/h4-9,15,22H,2-3,10-12H2,1H3/t15-/m1/s1. The Hall–Kier alpha value is -1.84. The Bertz CT molecular complexity index is 876. The highest BCUT2D eigenvalue weighted by molar-refractivity contribution is 7.88. The lowest BCUT2D eigenvalue weighted by Crippen LogP contribution is -2.47. The maximum Gasteiger partial charge on any atom is 0.416 e. The monoisotopic (exact) mass is 402 g/mol. The van der Waals surface area contributed by atoms with Crippen molar-refractivity contribution in [1.82, 2.24) is 9.62 Å². The second kappa shape index (κ2) is 7.65. The summed E-state index contributed by atoms with van der Waals surface area (Å²) >= 11 is 0. The van der Waals surface area contributed by atoms with Crippen LogP contribution in [0.4, 0.5) is 13.2 Å². The fourth-order valence-electron chi connectivity index (χ4n) is 3.11. The minimum atomic E-state index is -4.36. The van der Waals surface area contributed by atoms with Gasteiger partial charge in [-0.25, -0.2) is 12.7 Å². The average Bonchev–Trinajstić information content (AvgIpc) is 3.08. The van der Waals surface area contributed by atoms with E-state index in [0.717, 1.165) is 25.0 Å². The van der Waals surface area contributed by atoms with Crippen LogP contribution in [0.5, 0.6) is 0 Å². The van der Waals surface area contributed by atoms with Gasteiger partial charge in [-0.1, -0.05) is 12.1 Å². The van der Waals surface area contributed by atoms with E-state index in [1.165, 1.54) is 22.7 Å². The summed E-state index contributed by atoms with van der Waals surface area (Å²) in [7, 11) is -3.20. The van der Waals surface area contributed by atoms with Crippen LogP contribution < -0.4 is 5.32 Å². The molecular formula is C18H21F3N2O3S. The third-order valence-corrected chi connectivity index (χ3v) is 5.85. The summed E-state index contributed by atoms with van der Waals surface area (Å²) in [5.41, 5.74) is -0.136. The van der Waals surface area contributed by atoms with Crippen LogP contribution in [0.25, 0.3) is 11.3 Å². The van der Waals surface area contributed by atoms with Crippen LogP contribution in [0.15, 0.2) is 40.8 Å². The highest BCUT2D eigenvalue weighted by atomic mass is 32.2. The molecule has 1 aromatic heterocycles. The van der Waals surface area contributed by atoms with Crippen LogP contribution in [-0.4, -0.2) is 38.1 Å². The number of nitrogens with one attached hydrogen (secondary N) is 1. The van der Waals surface area contributed by atoms with Crippen molar-refractivity contribution in [2.45, 2.75) is 31.6 Å². The summed E-state index contributed by atoms with van der Waals surface area (Å²) in [6.45, 7) is 1.38. The molecule has 27 heavy (non-hydrogen) atoms. The summed E-state index contributed by atoms with van der Waals surface area (Å²) in [6, 6.07) is 8.32. The number of hydrogen-bond acceptors (Lipinski definition) is 4. The molecule has 1 N–H and O–H groups in total. The Morgan fingerprint density at radius 3 is 2.52 bits per heavy atom.